The average molecular weight is 717 g/mol. The molecule has 2 unspecified atom stereocenters. The van der Waals surface area contributed by atoms with E-state index in [9.17, 15) is 14.4 Å². The van der Waals surface area contributed by atoms with E-state index < -0.39 is 62.4 Å². The molecule has 1 saturated heterocycles. The van der Waals surface area contributed by atoms with E-state index in [1.807, 2.05) is 13.8 Å². The van der Waals surface area contributed by atoms with Gasteiger partial charge in [0.15, 0.2) is 11.6 Å². The summed E-state index contributed by atoms with van der Waals surface area (Å²) >= 11 is 19.6. The smallest absolute Gasteiger partial charge is 0.354 e. The maximum absolute atomic E-state index is 17.3. The summed E-state index contributed by atoms with van der Waals surface area (Å²) in [5.41, 5.74) is 5.03. The van der Waals surface area contributed by atoms with Crippen LogP contribution in [0.25, 0.3) is 27.7 Å². The first-order chi connectivity index (χ1) is 22.6. The van der Waals surface area contributed by atoms with E-state index in [4.69, 9.17) is 40.5 Å². The van der Waals surface area contributed by atoms with Gasteiger partial charge in [0.1, 0.15) is 11.9 Å². The topological polar surface area (TPSA) is 118 Å². The van der Waals surface area contributed by atoms with E-state index >= 15 is 8.78 Å². The van der Waals surface area contributed by atoms with Crippen molar-refractivity contribution in [3.63, 3.8) is 0 Å². The number of carbonyl (C=O) groups is 2. The molecule has 0 saturated carbocycles. The van der Waals surface area contributed by atoms with Crippen LogP contribution < -0.4 is 21.2 Å². The van der Waals surface area contributed by atoms with Gasteiger partial charge in [0, 0.05) is 37.0 Å². The summed E-state index contributed by atoms with van der Waals surface area (Å²) in [6.45, 7) is 10.8. The number of aryl methyl sites for hydroxylation is 1. The summed E-state index contributed by atoms with van der Waals surface area (Å²) in [6.07, 6.45) is 2.74. The molecule has 0 bridgehead atoms. The van der Waals surface area contributed by atoms with Crippen molar-refractivity contribution >= 4 is 74.7 Å². The van der Waals surface area contributed by atoms with Crippen LogP contribution in [0.15, 0.2) is 35.8 Å². The minimum absolute atomic E-state index is 0.0139. The van der Waals surface area contributed by atoms with Gasteiger partial charge in [-0.1, -0.05) is 55.2 Å². The van der Waals surface area contributed by atoms with Crippen LogP contribution in [0.1, 0.15) is 37.9 Å². The Labute approximate surface area is 289 Å². The van der Waals surface area contributed by atoms with E-state index in [1.54, 1.807) is 31.0 Å². The standard InChI is InChI=1S/C33H30Cl3F2N7O3/c1-7-19(46)43-12-18-32(47)42(6)30-22-29(23(36)20(25(30)38)21-24(37)16(34)10-17(35)26(21)39)45(28-14(4)8-9-40-27(28)13(2)3)33(48)41-31(22)44(18)11-15(43)5/h7-10,13,15,18H,1,11-12,39H2,2-6H3. The number of piperazine rings is 1. The molecule has 2 amide bonds. The number of nitrogen functional groups attached to an aromatic ring is 1. The number of amides is 2. The molecule has 0 radical (unpaired) electrons. The number of aromatic nitrogens is 3. The minimum atomic E-state index is -1.13. The monoisotopic (exact) mass is 715 g/mol. The first-order valence-corrected chi connectivity index (χ1v) is 16.1. The zero-order chi connectivity index (χ0) is 35.1. The first kappa shape index (κ1) is 33.6. The number of likely N-dealkylation sites (N-methyl/N-ethyl adjacent to an activating group) is 1. The Hall–Kier alpha value is -4.26. The zero-order valence-corrected chi connectivity index (χ0v) is 28.8. The number of fused-ring (bicyclic) bond motifs is 2. The largest absolute Gasteiger partial charge is 0.397 e. The molecule has 4 heterocycles. The minimum Gasteiger partial charge on any atom is -0.397 e. The lowest BCUT2D eigenvalue weighted by Crippen LogP contribution is -2.63. The Morgan fingerprint density at radius 3 is 2.44 bits per heavy atom. The van der Waals surface area contributed by atoms with Crippen LogP contribution in [0.5, 0.6) is 0 Å². The van der Waals surface area contributed by atoms with Crippen LogP contribution in [0.3, 0.4) is 0 Å². The first-order valence-electron chi connectivity index (χ1n) is 15.0. The van der Waals surface area contributed by atoms with Gasteiger partial charge in [-0.3, -0.25) is 19.1 Å². The molecule has 2 aliphatic heterocycles. The Morgan fingerprint density at radius 1 is 1.10 bits per heavy atom. The van der Waals surface area contributed by atoms with Crippen molar-refractivity contribution < 1.29 is 18.4 Å². The Kier molecular flexibility index (Phi) is 8.42. The molecular formula is C33H30Cl3F2N7O3. The molecule has 4 aromatic rings. The second-order valence-corrected chi connectivity index (χ2v) is 13.4. The molecule has 2 aliphatic rings. The average Bonchev–Trinajstić information content (AvgIpc) is 3.12. The highest BCUT2D eigenvalue weighted by atomic mass is 35.5. The highest BCUT2D eigenvalue weighted by molar-refractivity contribution is 6.41. The summed E-state index contributed by atoms with van der Waals surface area (Å²) in [5, 5.41) is -1.01. The van der Waals surface area contributed by atoms with E-state index in [2.05, 4.69) is 16.5 Å². The molecule has 2 aromatic heterocycles. The molecule has 6 rings (SSSR count). The van der Waals surface area contributed by atoms with E-state index in [1.165, 1.54) is 16.5 Å². The molecule has 1 fully saturated rings. The van der Waals surface area contributed by atoms with Gasteiger partial charge in [-0.2, -0.15) is 4.98 Å². The maximum atomic E-state index is 17.3. The van der Waals surface area contributed by atoms with Gasteiger partial charge in [-0.05, 0) is 43.5 Å². The van der Waals surface area contributed by atoms with Crippen molar-refractivity contribution in [2.75, 3.05) is 35.7 Å². The Bertz CT molecular complexity index is 2130. The van der Waals surface area contributed by atoms with Gasteiger partial charge in [-0.25, -0.2) is 13.6 Å². The molecule has 2 N–H and O–H groups in total. The normalized spacial score (nSPS) is 17.6. The third-order valence-electron chi connectivity index (χ3n) is 8.97. The van der Waals surface area contributed by atoms with Gasteiger partial charge < -0.3 is 20.4 Å². The van der Waals surface area contributed by atoms with Crippen molar-refractivity contribution in [2.45, 2.75) is 45.7 Å². The van der Waals surface area contributed by atoms with Crippen LogP contribution in [0.4, 0.5) is 26.0 Å². The summed E-state index contributed by atoms with van der Waals surface area (Å²) in [7, 11) is 1.35. The predicted octanol–water partition coefficient (Wildman–Crippen LogP) is 6.27. The zero-order valence-electron chi connectivity index (χ0n) is 26.5. The lowest BCUT2D eigenvalue weighted by Gasteiger charge is -2.44. The number of anilines is 3. The molecule has 250 valence electrons. The maximum Gasteiger partial charge on any atom is 0.354 e. The molecule has 0 aliphatic carbocycles. The second-order valence-electron chi connectivity index (χ2n) is 12.2. The fourth-order valence-electron chi connectivity index (χ4n) is 6.65. The van der Waals surface area contributed by atoms with E-state index in [-0.39, 0.29) is 52.1 Å². The summed E-state index contributed by atoms with van der Waals surface area (Å²) in [6, 6.07) is 1.24. The molecule has 48 heavy (non-hydrogen) atoms. The summed E-state index contributed by atoms with van der Waals surface area (Å²) < 4.78 is 34.5. The van der Waals surface area contributed by atoms with Crippen LogP contribution in [-0.4, -0.2) is 63.5 Å². The van der Waals surface area contributed by atoms with Crippen molar-refractivity contribution in [2.24, 2.45) is 0 Å². The van der Waals surface area contributed by atoms with Crippen molar-refractivity contribution in [1.29, 1.82) is 0 Å². The number of carbonyl (C=O) groups excluding carboxylic acids is 2. The number of nitrogens with two attached hydrogens (primary N) is 1. The summed E-state index contributed by atoms with van der Waals surface area (Å²) in [5.74, 6) is -3.48. The predicted molar refractivity (Wildman–Crippen MR) is 185 cm³/mol. The molecule has 2 atom stereocenters. The van der Waals surface area contributed by atoms with Gasteiger partial charge in [0.05, 0.1) is 55.3 Å². The highest BCUT2D eigenvalue weighted by Gasteiger charge is 2.45. The van der Waals surface area contributed by atoms with Crippen LogP contribution >= 0.6 is 34.8 Å². The van der Waals surface area contributed by atoms with E-state index in [0.29, 0.717) is 16.9 Å². The van der Waals surface area contributed by atoms with Crippen molar-refractivity contribution in [3.05, 3.63) is 79.4 Å². The van der Waals surface area contributed by atoms with Gasteiger partial charge in [0.25, 0.3) is 5.91 Å². The van der Waals surface area contributed by atoms with E-state index in [0.717, 1.165) is 17.0 Å². The lowest BCUT2D eigenvalue weighted by atomic mass is 9.97. The molecule has 0 spiro atoms. The number of hydrogen-bond donors (Lipinski definition) is 1. The molecule has 10 nitrogen and oxygen atoms in total. The van der Waals surface area contributed by atoms with Gasteiger partial charge >= 0.3 is 5.69 Å². The van der Waals surface area contributed by atoms with Gasteiger partial charge in [-0.15, -0.1) is 0 Å². The fourth-order valence-corrected chi connectivity index (χ4v) is 7.47. The Morgan fingerprint density at radius 2 is 1.79 bits per heavy atom. The SMILES string of the molecule is C=CC(=O)N1CC2C(=O)N(C)c3c(F)c(-c4c(N)c(Cl)cc(Cl)c4F)c(Cl)c4c3c(nc(=O)n4-c3c(C)ccnc3C(C)C)N2CC1C. The number of nitrogens with zero attached hydrogens (tertiary/aromatic N) is 6. The van der Waals surface area contributed by atoms with Crippen LogP contribution in [-0.2, 0) is 9.59 Å². The molecular weight excluding hydrogens is 687 g/mol. The Balaban J connectivity index is 1.85. The third-order valence-corrected chi connectivity index (χ3v) is 9.93. The number of halogens is 5. The molecule has 15 heteroatoms. The van der Waals surface area contributed by atoms with Crippen LogP contribution in [0, 0.1) is 18.6 Å². The number of benzene rings is 2. The highest BCUT2D eigenvalue weighted by Crippen LogP contribution is 2.51. The van der Waals surface area contributed by atoms with Crippen molar-refractivity contribution in [3.8, 4) is 16.8 Å². The third kappa shape index (κ3) is 4.83. The second kappa shape index (κ2) is 12.0. The summed E-state index contributed by atoms with van der Waals surface area (Å²) in [4.78, 5) is 54.6. The van der Waals surface area contributed by atoms with Crippen LogP contribution in [0.2, 0.25) is 15.1 Å². The quantitative estimate of drug-likeness (QED) is 0.150. The van der Waals surface area contributed by atoms with Gasteiger partial charge in [0.2, 0.25) is 5.91 Å². The lowest BCUT2D eigenvalue weighted by molar-refractivity contribution is -0.130. The van der Waals surface area contributed by atoms with Crippen molar-refractivity contribution in [1.82, 2.24) is 19.4 Å². The number of rotatable bonds is 4. The fraction of sp³-hybridized carbons (Fsp3) is 0.303. The number of pyridine rings is 1. The number of hydrogen-bond acceptors (Lipinski definition) is 7. The molecule has 2 aromatic carbocycles.